The van der Waals surface area contributed by atoms with Crippen LogP contribution in [0.2, 0.25) is 0 Å². The number of ether oxygens (including phenoxy) is 1. The molecule has 1 heterocycles. The van der Waals surface area contributed by atoms with Crippen LogP contribution in [0.25, 0.3) is 0 Å². The Balaban J connectivity index is 0.00000261. The Kier molecular flexibility index (Phi) is 9.07. The van der Waals surface area contributed by atoms with Gasteiger partial charge in [-0.3, -0.25) is 4.99 Å². The summed E-state index contributed by atoms with van der Waals surface area (Å²) in [5.41, 5.74) is 3.85. The molecular formula is C22H30IN3O. The lowest BCUT2D eigenvalue weighted by Gasteiger charge is -2.32. The van der Waals surface area contributed by atoms with Crippen molar-refractivity contribution in [3.63, 3.8) is 0 Å². The summed E-state index contributed by atoms with van der Waals surface area (Å²) in [6.07, 6.45) is 2.44. The standard InChI is InChI=1S/C22H29N3O.HI/c1-17-9-6-7-12-19(17)15-24-22(23-2)25-16-20-13-8-14-26-21(20)18-10-4-3-5-11-18;/h3-7,9-12,20-21H,8,13-16H2,1-2H3,(H2,23,24,25);1H. The number of aryl methyl sites for hydroxylation is 1. The first-order valence-electron chi connectivity index (χ1n) is 9.43. The van der Waals surface area contributed by atoms with Gasteiger partial charge in [0.15, 0.2) is 5.96 Å². The second kappa shape index (κ2) is 11.3. The molecule has 2 aromatic rings. The number of hydrogen-bond acceptors (Lipinski definition) is 2. The second-order valence-electron chi connectivity index (χ2n) is 6.84. The fraction of sp³-hybridized carbons (Fsp3) is 0.409. The maximum atomic E-state index is 6.09. The van der Waals surface area contributed by atoms with E-state index in [1.807, 2.05) is 7.05 Å². The van der Waals surface area contributed by atoms with Gasteiger partial charge in [0.1, 0.15) is 0 Å². The minimum atomic E-state index is 0. The van der Waals surface area contributed by atoms with Gasteiger partial charge in [-0.25, -0.2) is 0 Å². The summed E-state index contributed by atoms with van der Waals surface area (Å²) in [5.74, 6) is 1.29. The molecule has 146 valence electrons. The lowest BCUT2D eigenvalue weighted by molar-refractivity contribution is -0.0265. The van der Waals surface area contributed by atoms with Crippen molar-refractivity contribution in [3.8, 4) is 0 Å². The topological polar surface area (TPSA) is 45.7 Å². The van der Waals surface area contributed by atoms with Gasteiger partial charge in [-0.15, -0.1) is 24.0 Å². The van der Waals surface area contributed by atoms with E-state index < -0.39 is 0 Å². The van der Waals surface area contributed by atoms with Crippen LogP contribution in [-0.4, -0.2) is 26.2 Å². The summed E-state index contributed by atoms with van der Waals surface area (Å²) in [4.78, 5) is 4.37. The zero-order valence-corrected chi connectivity index (χ0v) is 18.5. The third kappa shape index (κ3) is 6.21. The Bertz CT molecular complexity index is 721. The Morgan fingerprint density at radius 3 is 2.56 bits per heavy atom. The predicted octanol–water partition coefficient (Wildman–Crippen LogP) is 4.45. The molecule has 27 heavy (non-hydrogen) atoms. The summed E-state index contributed by atoms with van der Waals surface area (Å²) in [6.45, 7) is 4.61. The zero-order chi connectivity index (χ0) is 18.2. The highest BCUT2D eigenvalue weighted by Gasteiger charge is 2.27. The highest BCUT2D eigenvalue weighted by atomic mass is 127. The van der Waals surface area contributed by atoms with Crippen molar-refractivity contribution >= 4 is 29.9 Å². The van der Waals surface area contributed by atoms with E-state index in [1.54, 1.807) is 0 Å². The molecule has 1 aliphatic heterocycles. The van der Waals surface area contributed by atoms with Crippen molar-refractivity contribution in [2.45, 2.75) is 32.4 Å². The molecule has 2 atom stereocenters. The molecule has 4 nitrogen and oxygen atoms in total. The van der Waals surface area contributed by atoms with Crippen LogP contribution >= 0.6 is 24.0 Å². The normalized spacial score (nSPS) is 19.9. The van der Waals surface area contributed by atoms with Gasteiger partial charge in [-0.2, -0.15) is 0 Å². The van der Waals surface area contributed by atoms with Crippen molar-refractivity contribution < 1.29 is 4.74 Å². The molecule has 0 saturated carbocycles. The van der Waals surface area contributed by atoms with Gasteiger partial charge in [-0.05, 0) is 36.5 Å². The van der Waals surface area contributed by atoms with E-state index in [1.165, 1.54) is 23.1 Å². The van der Waals surface area contributed by atoms with Gasteiger partial charge in [0, 0.05) is 32.7 Å². The van der Waals surface area contributed by atoms with E-state index >= 15 is 0 Å². The molecule has 2 unspecified atom stereocenters. The first-order chi connectivity index (χ1) is 12.8. The summed E-state index contributed by atoms with van der Waals surface area (Å²) >= 11 is 0. The van der Waals surface area contributed by atoms with Crippen LogP contribution in [-0.2, 0) is 11.3 Å². The molecule has 0 bridgehead atoms. The van der Waals surface area contributed by atoms with Crippen molar-refractivity contribution in [2.75, 3.05) is 20.2 Å². The van der Waals surface area contributed by atoms with Gasteiger partial charge in [0.25, 0.3) is 0 Å². The second-order valence-corrected chi connectivity index (χ2v) is 6.84. The van der Waals surface area contributed by atoms with E-state index in [0.717, 1.165) is 32.1 Å². The molecule has 0 radical (unpaired) electrons. The molecule has 0 aliphatic carbocycles. The molecule has 2 aromatic carbocycles. The highest BCUT2D eigenvalue weighted by Crippen LogP contribution is 2.33. The van der Waals surface area contributed by atoms with E-state index in [2.05, 4.69) is 77.1 Å². The molecule has 1 saturated heterocycles. The number of rotatable bonds is 5. The lowest BCUT2D eigenvalue weighted by Crippen LogP contribution is -2.41. The fourth-order valence-corrected chi connectivity index (χ4v) is 3.50. The first-order valence-corrected chi connectivity index (χ1v) is 9.43. The number of aliphatic imine (C=N–C) groups is 1. The molecule has 0 spiro atoms. The largest absolute Gasteiger partial charge is 0.373 e. The van der Waals surface area contributed by atoms with E-state index in [9.17, 15) is 0 Å². The maximum absolute atomic E-state index is 6.09. The third-order valence-corrected chi connectivity index (χ3v) is 5.04. The van der Waals surface area contributed by atoms with Crippen LogP contribution in [0, 0.1) is 12.8 Å². The fourth-order valence-electron chi connectivity index (χ4n) is 3.50. The van der Waals surface area contributed by atoms with Gasteiger partial charge < -0.3 is 15.4 Å². The number of nitrogens with zero attached hydrogens (tertiary/aromatic N) is 1. The highest BCUT2D eigenvalue weighted by molar-refractivity contribution is 14.0. The monoisotopic (exact) mass is 479 g/mol. The SMILES string of the molecule is CN=C(NCc1ccccc1C)NCC1CCCOC1c1ccccc1.I. The molecule has 2 N–H and O–H groups in total. The average Bonchev–Trinajstić information content (AvgIpc) is 2.70. The van der Waals surface area contributed by atoms with Gasteiger partial charge >= 0.3 is 0 Å². The number of halogens is 1. The summed E-state index contributed by atoms with van der Waals surface area (Å²) in [5, 5.41) is 6.91. The van der Waals surface area contributed by atoms with Crippen LogP contribution in [0.4, 0.5) is 0 Å². The van der Waals surface area contributed by atoms with E-state index in [4.69, 9.17) is 4.74 Å². The Labute approximate surface area is 179 Å². The van der Waals surface area contributed by atoms with E-state index in [-0.39, 0.29) is 30.1 Å². The third-order valence-electron chi connectivity index (χ3n) is 5.04. The Hall–Kier alpha value is -1.60. The van der Waals surface area contributed by atoms with Crippen molar-refractivity contribution in [2.24, 2.45) is 10.9 Å². The first kappa shape index (κ1) is 21.7. The Morgan fingerprint density at radius 2 is 1.81 bits per heavy atom. The van der Waals surface area contributed by atoms with Crippen LogP contribution in [0.1, 0.15) is 35.6 Å². The maximum Gasteiger partial charge on any atom is 0.191 e. The number of hydrogen-bond donors (Lipinski definition) is 2. The van der Waals surface area contributed by atoms with Gasteiger partial charge in [0.05, 0.1) is 6.10 Å². The minimum Gasteiger partial charge on any atom is -0.373 e. The molecule has 5 heteroatoms. The summed E-state index contributed by atoms with van der Waals surface area (Å²) in [7, 11) is 1.82. The molecule has 0 aromatic heterocycles. The predicted molar refractivity (Wildman–Crippen MR) is 123 cm³/mol. The van der Waals surface area contributed by atoms with Crippen LogP contribution in [0.15, 0.2) is 59.6 Å². The van der Waals surface area contributed by atoms with Gasteiger partial charge in [-0.1, -0.05) is 54.6 Å². The Morgan fingerprint density at radius 1 is 1.07 bits per heavy atom. The average molecular weight is 479 g/mol. The molecule has 1 aliphatic rings. The van der Waals surface area contributed by atoms with Gasteiger partial charge in [0.2, 0.25) is 0 Å². The van der Waals surface area contributed by atoms with E-state index in [0.29, 0.717) is 5.92 Å². The number of nitrogens with one attached hydrogen (secondary N) is 2. The lowest BCUT2D eigenvalue weighted by atomic mass is 9.89. The smallest absolute Gasteiger partial charge is 0.191 e. The van der Waals surface area contributed by atoms with Crippen LogP contribution in [0.3, 0.4) is 0 Å². The number of guanidine groups is 1. The molecule has 1 fully saturated rings. The van der Waals surface area contributed by atoms with Crippen LogP contribution in [0.5, 0.6) is 0 Å². The van der Waals surface area contributed by atoms with Crippen molar-refractivity contribution in [1.82, 2.24) is 10.6 Å². The quantitative estimate of drug-likeness (QED) is 0.379. The number of benzene rings is 2. The molecule has 3 rings (SSSR count). The van der Waals surface area contributed by atoms with Crippen molar-refractivity contribution in [3.05, 3.63) is 71.3 Å². The summed E-state index contributed by atoms with van der Waals surface area (Å²) < 4.78 is 6.09. The van der Waals surface area contributed by atoms with Crippen LogP contribution < -0.4 is 10.6 Å². The molecular weight excluding hydrogens is 449 g/mol. The molecule has 0 amide bonds. The minimum absolute atomic E-state index is 0. The van der Waals surface area contributed by atoms with Crippen molar-refractivity contribution in [1.29, 1.82) is 0 Å². The summed E-state index contributed by atoms with van der Waals surface area (Å²) in [6, 6.07) is 19.0. The zero-order valence-electron chi connectivity index (χ0n) is 16.2.